The highest BCUT2D eigenvalue weighted by atomic mass is 16.5. The molecule has 1 atom stereocenters. The Balaban J connectivity index is 1.60. The van der Waals surface area contributed by atoms with Crippen molar-refractivity contribution in [3.8, 4) is 0 Å². The molecule has 0 saturated carbocycles. The van der Waals surface area contributed by atoms with E-state index in [4.69, 9.17) is 4.74 Å². The largest absolute Gasteiger partial charge is 0.453 e. The number of ether oxygens (including phenoxy) is 1. The molecular weight excluding hydrogens is 370 g/mol. The summed E-state index contributed by atoms with van der Waals surface area (Å²) in [7, 11) is 3.47. The predicted octanol–water partition coefficient (Wildman–Crippen LogP) is 2.96. The maximum Gasteiger partial charge on any atom is 0.409 e. The van der Waals surface area contributed by atoms with Gasteiger partial charge in [0.2, 0.25) is 0 Å². The van der Waals surface area contributed by atoms with Crippen molar-refractivity contribution >= 4 is 23.5 Å². The first-order valence-corrected chi connectivity index (χ1v) is 9.57. The molecule has 2 N–H and O–H groups in total. The van der Waals surface area contributed by atoms with Gasteiger partial charge in [0.15, 0.2) is 0 Å². The SMILES string of the molecule is COC(=O)N1CCN(C)[C@@H](Cc2cccc(NC(=O)Nc3ccc(C)nc3)c2)C1. The van der Waals surface area contributed by atoms with Gasteiger partial charge >= 0.3 is 12.1 Å². The third-order valence-electron chi connectivity index (χ3n) is 5.04. The molecule has 8 nitrogen and oxygen atoms in total. The van der Waals surface area contributed by atoms with E-state index in [2.05, 4.69) is 27.6 Å². The van der Waals surface area contributed by atoms with Crippen LogP contribution in [0.15, 0.2) is 42.6 Å². The lowest BCUT2D eigenvalue weighted by Gasteiger charge is -2.38. The summed E-state index contributed by atoms with van der Waals surface area (Å²) in [5.41, 5.74) is 3.32. The number of hydrogen-bond acceptors (Lipinski definition) is 5. The lowest BCUT2D eigenvalue weighted by atomic mass is 10.0. The van der Waals surface area contributed by atoms with Crippen LogP contribution >= 0.6 is 0 Å². The molecule has 2 aromatic rings. The van der Waals surface area contributed by atoms with Crippen LogP contribution in [-0.4, -0.2) is 66.7 Å². The number of urea groups is 1. The summed E-state index contributed by atoms with van der Waals surface area (Å²) in [6.45, 7) is 3.96. The number of nitrogens with zero attached hydrogens (tertiary/aromatic N) is 3. The van der Waals surface area contributed by atoms with E-state index in [0.717, 1.165) is 24.2 Å². The molecule has 0 bridgehead atoms. The van der Waals surface area contributed by atoms with Crippen LogP contribution < -0.4 is 10.6 Å². The van der Waals surface area contributed by atoms with Crippen LogP contribution in [0.1, 0.15) is 11.3 Å². The molecule has 8 heteroatoms. The van der Waals surface area contributed by atoms with E-state index in [1.807, 2.05) is 43.3 Å². The van der Waals surface area contributed by atoms with E-state index in [1.54, 1.807) is 11.1 Å². The Morgan fingerprint density at radius 1 is 1.17 bits per heavy atom. The number of aromatic nitrogens is 1. The minimum atomic E-state index is -0.320. The van der Waals surface area contributed by atoms with Gasteiger partial charge in [-0.15, -0.1) is 0 Å². The van der Waals surface area contributed by atoms with E-state index in [1.165, 1.54) is 7.11 Å². The number of carbonyl (C=O) groups is 2. The molecule has 0 spiro atoms. The molecule has 3 amide bonds. The number of nitrogens with one attached hydrogen (secondary N) is 2. The van der Waals surface area contributed by atoms with Gasteiger partial charge in [-0.25, -0.2) is 9.59 Å². The van der Waals surface area contributed by atoms with Crippen LogP contribution in [0.25, 0.3) is 0 Å². The Kier molecular flexibility index (Phi) is 6.66. The summed E-state index contributed by atoms with van der Waals surface area (Å²) < 4.78 is 4.85. The molecule has 1 fully saturated rings. The van der Waals surface area contributed by atoms with Crippen molar-refractivity contribution in [3.05, 3.63) is 53.9 Å². The average Bonchev–Trinajstić information content (AvgIpc) is 2.71. The molecule has 29 heavy (non-hydrogen) atoms. The molecule has 2 heterocycles. The number of pyridine rings is 1. The summed E-state index contributed by atoms with van der Waals surface area (Å²) in [6, 6.07) is 11.3. The van der Waals surface area contributed by atoms with Crippen molar-refractivity contribution in [2.75, 3.05) is 44.4 Å². The van der Waals surface area contributed by atoms with Gasteiger partial charge in [0.25, 0.3) is 0 Å². The number of aryl methyl sites for hydroxylation is 1. The summed E-state index contributed by atoms with van der Waals surface area (Å²) in [6.07, 6.45) is 2.10. The Bertz CT molecular complexity index is 856. The van der Waals surface area contributed by atoms with Gasteiger partial charge in [-0.05, 0) is 50.2 Å². The molecule has 1 aromatic carbocycles. The van der Waals surface area contributed by atoms with Gasteiger partial charge in [-0.1, -0.05) is 12.1 Å². The van der Waals surface area contributed by atoms with Crippen molar-refractivity contribution in [2.24, 2.45) is 0 Å². The molecule has 0 radical (unpaired) electrons. The van der Waals surface area contributed by atoms with Gasteiger partial charge in [0.05, 0.1) is 19.0 Å². The molecule has 1 saturated heterocycles. The summed E-state index contributed by atoms with van der Waals surface area (Å²) in [5.74, 6) is 0. The minimum absolute atomic E-state index is 0.186. The second-order valence-electron chi connectivity index (χ2n) is 7.22. The van der Waals surface area contributed by atoms with E-state index < -0.39 is 0 Å². The maximum absolute atomic E-state index is 12.3. The zero-order valence-electron chi connectivity index (χ0n) is 17.0. The summed E-state index contributed by atoms with van der Waals surface area (Å²) in [4.78, 5) is 32.2. The Morgan fingerprint density at radius 3 is 2.69 bits per heavy atom. The second kappa shape index (κ2) is 9.38. The van der Waals surface area contributed by atoms with Crippen molar-refractivity contribution in [2.45, 2.75) is 19.4 Å². The van der Waals surface area contributed by atoms with Crippen LogP contribution in [0.5, 0.6) is 0 Å². The maximum atomic E-state index is 12.3. The molecule has 154 valence electrons. The van der Waals surface area contributed by atoms with Crippen LogP contribution in [-0.2, 0) is 11.2 Å². The van der Waals surface area contributed by atoms with Crippen molar-refractivity contribution in [1.29, 1.82) is 0 Å². The summed E-state index contributed by atoms with van der Waals surface area (Å²) >= 11 is 0. The lowest BCUT2D eigenvalue weighted by molar-refractivity contribution is 0.0721. The number of piperazine rings is 1. The number of carbonyl (C=O) groups excluding carboxylic acids is 2. The third kappa shape index (κ3) is 5.68. The quantitative estimate of drug-likeness (QED) is 0.828. The third-order valence-corrected chi connectivity index (χ3v) is 5.04. The number of likely N-dealkylation sites (N-methyl/N-ethyl adjacent to an activating group) is 1. The topological polar surface area (TPSA) is 86.8 Å². The van der Waals surface area contributed by atoms with E-state index >= 15 is 0 Å². The van der Waals surface area contributed by atoms with E-state index in [9.17, 15) is 9.59 Å². The fourth-order valence-electron chi connectivity index (χ4n) is 3.34. The highest BCUT2D eigenvalue weighted by Gasteiger charge is 2.27. The smallest absolute Gasteiger partial charge is 0.409 e. The molecule has 1 aliphatic rings. The minimum Gasteiger partial charge on any atom is -0.453 e. The van der Waals surface area contributed by atoms with Gasteiger partial charge in [-0.2, -0.15) is 0 Å². The van der Waals surface area contributed by atoms with Crippen molar-refractivity contribution in [1.82, 2.24) is 14.8 Å². The fraction of sp³-hybridized carbons (Fsp3) is 0.381. The normalized spacial score (nSPS) is 16.9. The standard InChI is InChI=1S/C21H27N5O3/c1-15-7-8-18(13-22-15)24-20(27)23-17-6-4-5-16(11-17)12-19-14-26(21(28)29-3)10-9-25(19)2/h4-8,11,13,19H,9-10,12,14H2,1-3H3,(H2,23,24,27)/t19-/m0/s1. The van der Waals surface area contributed by atoms with Gasteiger partial charge in [-0.3, -0.25) is 9.88 Å². The highest BCUT2D eigenvalue weighted by molar-refractivity contribution is 5.99. The lowest BCUT2D eigenvalue weighted by Crippen LogP contribution is -2.54. The van der Waals surface area contributed by atoms with Crippen LogP contribution in [0.3, 0.4) is 0 Å². The molecule has 1 aliphatic heterocycles. The van der Waals surface area contributed by atoms with E-state index in [-0.39, 0.29) is 18.2 Å². The second-order valence-corrected chi connectivity index (χ2v) is 7.22. The number of methoxy groups -OCH3 is 1. The van der Waals surface area contributed by atoms with E-state index in [0.29, 0.717) is 24.5 Å². The Morgan fingerprint density at radius 2 is 1.97 bits per heavy atom. The Labute approximate surface area is 170 Å². The van der Waals surface area contributed by atoms with Crippen molar-refractivity contribution in [3.63, 3.8) is 0 Å². The highest BCUT2D eigenvalue weighted by Crippen LogP contribution is 2.18. The monoisotopic (exact) mass is 397 g/mol. The Hall–Kier alpha value is -3.13. The molecular formula is C21H27N5O3. The fourth-order valence-corrected chi connectivity index (χ4v) is 3.34. The van der Waals surface area contributed by atoms with Crippen LogP contribution in [0, 0.1) is 6.92 Å². The van der Waals surface area contributed by atoms with Crippen molar-refractivity contribution < 1.29 is 14.3 Å². The predicted molar refractivity (Wildman–Crippen MR) is 112 cm³/mol. The molecule has 1 aromatic heterocycles. The summed E-state index contributed by atoms with van der Waals surface area (Å²) in [5, 5.41) is 5.63. The number of rotatable bonds is 4. The molecule has 0 unspecified atom stereocenters. The zero-order chi connectivity index (χ0) is 20.8. The first-order chi connectivity index (χ1) is 13.9. The van der Waals surface area contributed by atoms with Gasteiger partial charge < -0.3 is 20.3 Å². The first-order valence-electron chi connectivity index (χ1n) is 9.57. The number of hydrogen-bond donors (Lipinski definition) is 2. The number of amides is 3. The van der Waals surface area contributed by atoms with Crippen LogP contribution in [0.4, 0.5) is 21.0 Å². The number of benzene rings is 1. The molecule has 3 rings (SSSR count). The van der Waals surface area contributed by atoms with Gasteiger partial charge in [0, 0.05) is 37.1 Å². The first kappa shape index (κ1) is 20.6. The van der Waals surface area contributed by atoms with Crippen LogP contribution in [0.2, 0.25) is 0 Å². The number of anilines is 2. The zero-order valence-corrected chi connectivity index (χ0v) is 17.0. The van der Waals surface area contributed by atoms with Gasteiger partial charge in [0.1, 0.15) is 0 Å². The molecule has 0 aliphatic carbocycles. The average molecular weight is 397 g/mol.